The van der Waals surface area contributed by atoms with Gasteiger partial charge in [-0.15, -0.1) is 0 Å². The number of halogens is 6. The van der Waals surface area contributed by atoms with Crippen LogP contribution in [0.25, 0.3) is 0 Å². The fraction of sp³-hybridized carbons (Fsp3) is 0.440. The summed E-state index contributed by atoms with van der Waals surface area (Å²) in [5.41, 5.74) is -0.407. The van der Waals surface area contributed by atoms with Gasteiger partial charge in [0.25, 0.3) is 0 Å². The van der Waals surface area contributed by atoms with Crippen molar-refractivity contribution in [2.45, 2.75) is 25.2 Å². The molecule has 3 aromatic heterocycles. The van der Waals surface area contributed by atoms with Gasteiger partial charge in [0.2, 0.25) is 5.95 Å². The van der Waals surface area contributed by atoms with Gasteiger partial charge in [0, 0.05) is 57.6 Å². The van der Waals surface area contributed by atoms with Gasteiger partial charge in [0.15, 0.2) is 0 Å². The van der Waals surface area contributed by atoms with Gasteiger partial charge in [-0.3, -0.25) is 0 Å². The van der Waals surface area contributed by atoms with E-state index < -0.39 is 23.5 Å². The van der Waals surface area contributed by atoms with Crippen LogP contribution < -0.4 is 15.1 Å². The predicted octanol–water partition coefficient (Wildman–Crippen LogP) is 4.65. The molecule has 0 aliphatic carbocycles. The number of hydrogen-bond acceptors (Lipinski definition) is 8. The van der Waals surface area contributed by atoms with E-state index in [1.807, 2.05) is 30.9 Å². The summed E-state index contributed by atoms with van der Waals surface area (Å²) in [5.74, 6) is 0.717. The van der Waals surface area contributed by atoms with E-state index in [1.54, 1.807) is 4.90 Å². The van der Waals surface area contributed by atoms with Crippen LogP contribution in [0.15, 0.2) is 36.7 Å². The molecule has 0 saturated heterocycles. The van der Waals surface area contributed by atoms with E-state index >= 15 is 0 Å². The molecule has 39 heavy (non-hydrogen) atoms. The summed E-state index contributed by atoms with van der Waals surface area (Å²) in [5, 5.41) is 3.01. The maximum Gasteiger partial charge on any atom is 0.419 e. The highest BCUT2D eigenvalue weighted by Crippen LogP contribution is 2.36. The second-order valence-electron chi connectivity index (χ2n) is 9.44. The molecule has 0 atom stereocenters. The third-order valence-electron chi connectivity index (χ3n) is 6.28. The van der Waals surface area contributed by atoms with Crippen LogP contribution in [-0.4, -0.2) is 72.2 Å². The number of rotatable bonds is 7. The van der Waals surface area contributed by atoms with Crippen LogP contribution in [0.3, 0.4) is 0 Å². The van der Waals surface area contributed by atoms with Crippen LogP contribution in [0.2, 0.25) is 0 Å². The van der Waals surface area contributed by atoms with E-state index in [1.165, 1.54) is 18.3 Å². The Morgan fingerprint density at radius 2 is 1.64 bits per heavy atom. The zero-order chi connectivity index (χ0) is 28.4. The molecule has 1 aliphatic heterocycles. The second-order valence-corrected chi connectivity index (χ2v) is 9.44. The van der Waals surface area contributed by atoms with Gasteiger partial charge in [-0.1, -0.05) is 0 Å². The van der Waals surface area contributed by atoms with Crippen LogP contribution in [0.4, 0.5) is 49.7 Å². The van der Waals surface area contributed by atoms with Crippen molar-refractivity contribution in [3.8, 4) is 0 Å². The Labute approximate surface area is 221 Å². The first-order chi connectivity index (χ1) is 18.3. The Bertz CT molecular complexity index is 1280. The van der Waals surface area contributed by atoms with Crippen molar-refractivity contribution in [3.63, 3.8) is 0 Å². The largest absolute Gasteiger partial charge is 0.419 e. The standard InChI is InChI=1S/C25H28F6N8/c1-37(2)13-14-38(3)23-34-19-9-12-39(22-18(25(29,30)31)5-4-10-32-22)11-8-17(19)21(36-23)35-20-7-6-16(15-33-20)24(26,27)28/h4-7,10,15H,8-9,11-14H2,1-3H3,(H,33,34,35,36). The van der Waals surface area contributed by atoms with Crippen molar-refractivity contribution < 1.29 is 26.3 Å². The van der Waals surface area contributed by atoms with E-state index in [0.717, 1.165) is 18.3 Å². The monoisotopic (exact) mass is 554 g/mol. The number of anilines is 4. The zero-order valence-electron chi connectivity index (χ0n) is 21.6. The maximum absolute atomic E-state index is 13.7. The molecular weight excluding hydrogens is 526 g/mol. The highest BCUT2D eigenvalue weighted by atomic mass is 19.4. The van der Waals surface area contributed by atoms with Crippen LogP contribution >= 0.6 is 0 Å². The summed E-state index contributed by atoms with van der Waals surface area (Å²) in [6.45, 7) is 1.76. The van der Waals surface area contributed by atoms with E-state index in [4.69, 9.17) is 4.98 Å². The number of nitrogens with zero attached hydrogens (tertiary/aromatic N) is 7. The summed E-state index contributed by atoms with van der Waals surface area (Å²) >= 11 is 0. The molecule has 4 heterocycles. The molecule has 14 heteroatoms. The van der Waals surface area contributed by atoms with Crippen molar-refractivity contribution >= 4 is 23.4 Å². The summed E-state index contributed by atoms with van der Waals surface area (Å²) < 4.78 is 80.0. The van der Waals surface area contributed by atoms with Crippen molar-refractivity contribution in [1.29, 1.82) is 0 Å². The number of alkyl halides is 6. The van der Waals surface area contributed by atoms with Crippen molar-refractivity contribution in [3.05, 3.63) is 59.0 Å². The number of fused-ring (bicyclic) bond motifs is 1. The average molecular weight is 555 g/mol. The summed E-state index contributed by atoms with van der Waals surface area (Å²) in [6, 6.07) is 4.38. The molecule has 4 rings (SSSR count). The fourth-order valence-corrected chi connectivity index (χ4v) is 4.15. The Morgan fingerprint density at radius 1 is 0.897 bits per heavy atom. The maximum atomic E-state index is 13.7. The second kappa shape index (κ2) is 11.2. The van der Waals surface area contributed by atoms with Gasteiger partial charge in [0.05, 0.1) is 16.8 Å². The number of hydrogen-bond donors (Lipinski definition) is 1. The van der Waals surface area contributed by atoms with Crippen molar-refractivity contribution in [1.82, 2.24) is 24.8 Å². The minimum Gasteiger partial charge on any atom is -0.355 e. The van der Waals surface area contributed by atoms with Crippen LogP contribution in [0.5, 0.6) is 0 Å². The Hall–Kier alpha value is -3.68. The lowest BCUT2D eigenvalue weighted by Crippen LogP contribution is -2.30. The normalized spacial score (nSPS) is 14.3. The molecule has 0 spiro atoms. The van der Waals surface area contributed by atoms with E-state index in [-0.39, 0.29) is 31.1 Å². The number of likely N-dealkylation sites (N-methyl/N-ethyl adjacent to an activating group) is 2. The minimum absolute atomic E-state index is 0.149. The predicted molar refractivity (Wildman–Crippen MR) is 135 cm³/mol. The lowest BCUT2D eigenvalue weighted by atomic mass is 10.1. The SMILES string of the molecule is CN(C)CCN(C)c1nc2c(c(Nc3ccc(C(F)(F)F)cn3)n1)CCN(c1ncccc1C(F)(F)F)CC2. The molecule has 1 aliphatic rings. The lowest BCUT2D eigenvalue weighted by molar-refractivity contribution is -0.138. The van der Waals surface area contributed by atoms with Gasteiger partial charge in [0.1, 0.15) is 17.5 Å². The first-order valence-corrected chi connectivity index (χ1v) is 12.2. The lowest BCUT2D eigenvalue weighted by Gasteiger charge is -2.24. The third-order valence-corrected chi connectivity index (χ3v) is 6.28. The van der Waals surface area contributed by atoms with Crippen LogP contribution in [0.1, 0.15) is 22.4 Å². The zero-order valence-corrected chi connectivity index (χ0v) is 21.6. The molecule has 0 saturated carbocycles. The van der Waals surface area contributed by atoms with Gasteiger partial charge in [-0.2, -0.15) is 31.3 Å². The van der Waals surface area contributed by atoms with Gasteiger partial charge in [-0.25, -0.2) is 15.0 Å². The molecule has 0 amide bonds. The fourth-order valence-electron chi connectivity index (χ4n) is 4.15. The Kier molecular flexibility index (Phi) is 8.14. The molecule has 0 fully saturated rings. The average Bonchev–Trinajstić information content (AvgIpc) is 3.09. The van der Waals surface area contributed by atoms with Crippen molar-refractivity contribution in [2.24, 2.45) is 0 Å². The highest BCUT2D eigenvalue weighted by molar-refractivity contribution is 5.61. The molecule has 1 N–H and O–H groups in total. The molecule has 8 nitrogen and oxygen atoms in total. The summed E-state index contributed by atoms with van der Waals surface area (Å²) in [6.07, 6.45) is -6.43. The number of aromatic nitrogens is 4. The Morgan fingerprint density at radius 3 is 2.28 bits per heavy atom. The third kappa shape index (κ3) is 6.85. The van der Waals surface area contributed by atoms with Gasteiger partial charge in [-0.05, 0) is 44.8 Å². The minimum atomic E-state index is -4.56. The number of pyridine rings is 2. The first-order valence-electron chi connectivity index (χ1n) is 12.2. The van der Waals surface area contributed by atoms with Gasteiger partial charge < -0.3 is 20.0 Å². The summed E-state index contributed by atoms with van der Waals surface area (Å²) in [4.78, 5) is 22.7. The molecule has 0 bridgehead atoms. The quantitative estimate of drug-likeness (QED) is 0.424. The molecular formula is C25H28F6N8. The molecule has 0 aromatic carbocycles. The molecule has 0 radical (unpaired) electrons. The highest BCUT2D eigenvalue weighted by Gasteiger charge is 2.36. The summed E-state index contributed by atoms with van der Waals surface area (Å²) in [7, 11) is 5.67. The topological polar surface area (TPSA) is 73.3 Å². The smallest absolute Gasteiger partial charge is 0.355 e. The van der Waals surface area contributed by atoms with Gasteiger partial charge >= 0.3 is 12.4 Å². The molecule has 0 unspecified atom stereocenters. The van der Waals surface area contributed by atoms with Crippen LogP contribution in [0, 0.1) is 0 Å². The van der Waals surface area contributed by atoms with E-state index in [0.29, 0.717) is 42.5 Å². The molecule has 3 aromatic rings. The van der Waals surface area contributed by atoms with E-state index in [9.17, 15) is 26.3 Å². The van der Waals surface area contributed by atoms with Crippen molar-refractivity contribution in [2.75, 3.05) is 62.4 Å². The Balaban J connectivity index is 1.68. The van der Waals surface area contributed by atoms with Crippen LogP contribution in [-0.2, 0) is 25.2 Å². The first kappa shape index (κ1) is 28.3. The van der Waals surface area contributed by atoms with E-state index in [2.05, 4.69) is 20.3 Å². The molecule has 210 valence electrons. The number of nitrogens with one attached hydrogen (secondary N) is 1.